The summed E-state index contributed by atoms with van der Waals surface area (Å²) in [6.45, 7) is 1.67. The minimum atomic E-state index is -0.683. The van der Waals surface area contributed by atoms with Crippen molar-refractivity contribution in [3.05, 3.63) is 59.4 Å². The molecule has 2 aromatic rings. The van der Waals surface area contributed by atoms with E-state index in [1.807, 2.05) is 0 Å². The topological polar surface area (TPSA) is 85.1 Å². The van der Waals surface area contributed by atoms with Gasteiger partial charge in [-0.2, -0.15) is 0 Å². The number of halogens is 2. The predicted molar refractivity (Wildman–Crippen MR) is 80.8 cm³/mol. The minimum absolute atomic E-state index is 0.0140. The Morgan fingerprint density at radius 1 is 1.26 bits per heavy atom. The number of anilines is 1. The molecule has 0 saturated carbocycles. The van der Waals surface area contributed by atoms with Gasteiger partial charge in [-0.15, -0.1) is 0 Å². The van der Waals surface area contributed by atoms with Crippen LogP contribution in [0.5, 0.6) is 0 Å². The molecule has 0 aliphatic carbocycles. The lowest BCUT2D eigenvalue weighted by Gasteiger charge is -2.13. The summed E-state index contributed by atoms with van der Waals surface area (Å²) in [5.74, 6) is -2.78. The first-order valence-corrected chi connectivity index (χ1v) is 6.87. The maximum atomic E-state index is 13.7. The van der Waals surface area contributed by atoms with Gasteiger partial charge in [-0.3, -0.25) is 9.59 Å². The highest BCUT2D eigenvalue weighted by Gasteiger charge is 2.16. The third-order valence-electron chi connectivity index (χ3n) is 3.28. The number of pyridine rings is 1. The number of amides is 2. The first-order valence-electron chi connectivity index (χ1n) is 6.87. The monoisotopic (exact) mass is 319 g/mol. The van der Waals surface area contributed by atoms with E-state index < -0.39 is 23.5 Å². The molecule has 1 unspecified atom stereocenters. The second-order valence-corrected chi connectivity index (χ2v) is 5.12. The number of nitrogens with zero attached hydrogens (tertiary/aromatic N) is 1. The number of aromatic nitrogens is 1. The van der Waals surface area contributed by atoms with E-state index in [0.717, 1.165) is 12.1 Å². The molecule has 1 atom stereocenters. The first-order chi connectivity index (χ1) is 10.9. The second-order valence-electron chi connectivity index (χ2n) is 5.12. The molecule has 0 aliphatic rings. The van der Waals surface area contributed by atoms with Crippen LogP contribution in [0, 0.1) is 11.6 Å². The van der Waals surface area contributed by atoms with Crippen molar-refractivity contribution < 1.29 is 18.4 Å². The fraction of sp³-hybridized carbons (Fsp3) is 0.188. The van der Waals surface area contributed by atoms with Crippen molar-refractivity contribution >= 4 is 17.5 Å². The average Bonchev–Trinajstić information content (AvgIpc) is 2.47. The smallest absolute Gasteiger partial charge is 0.267 e. The van der Waals surface area contributed by atoms with Gasteiger partial charge in [-0.05, 0) is 29.7 Å². The standard InChI is InChI=1S/C16H15F2N3O2/c1-9(12-4-2-10(17)7-13(12)18)6-15(22)21-11-3-5-14(16(19)23)20-8-11/h2-5,7-9H,6H2,1H3,(H2,19,23)(H,21,22). The maximum absolute atomic E-state index is 13.7. The molecular weight excluding hydrogens is 304 g/mol. The largest absolute Gasteiger partial charge is 0.364 e. The van der Waals surface area contributed by atoms with Gasteiger partial charge in [0.25, 0.3) is 5.91 Å². The molecular formula is C16H15F2N3O2. The number of primary amides is 1. The molecule has 0 saturated heterocycles. The second kappa shape index (κ2) is 6.95. The van der Waals surface area contributed by atoms with Crippen LogP contribution < -0.4 is 11.1 Å². The Morgan fingerprint density at radius 3 is 2.57 bits per heavy atom. The molecule has 3 N–H and O–H groups in total. The number of benzene rings is 1. The van der Waals surface area contributed by atoms with Gasteiger partial charge in [-0.25, -0.2) is 13.8 Å². The Hall–Kier alpha value is -2.83. The van der Waals surface area contributed by atoms with Crippen LogP contribution in [0.15, 0.2) is 36.5 Å². The quantitative estimate of drug-likeness (QED) is 0.888. The lowest BCUT2D eigenvalue weighted by Crippen LogP contribution is -2.16. The average molecular weight is 319 g/mol. The van der Waals surface area contributed by atoms with Crippen LogP contribution in [0.1, 0.15) is 35.3 Å². The zero-order valence-corrected chi connectivity index (χ0v) is 12.3. The zero-order valence-electron chi connectivity index (χ0n) is 12.3. The Balaban J connectivity index is 1.99. The van der Waals surface area contributed by atoms with E-state index in [9.17, 15) is 18.4 Å². The van der Waals surface area contributed by atoms with Crippen molar-refractivity contribution in [1.29, 1.82) is 0 Å². The fourth-order valence-corrected chi connectivity index (χ4v) is 2.11. The third-order valence-corrected chi connectivity index (χ3v) is 3.28. The van der Waals surface area contributed by atoms with E-state index >= 15 is 0 Å². The van der Waals surface area contributed by atoms with E-state index in [2.05, 4.69) is 10.3 Å². The predicted octanol–water partition coefficient (Wildman–Crippen LogP) is 2.59. The third kappa shape index (κ3) is 4.32. The Bertz CT molecular complexity index is 733. The molecule has 7 heteroatoms. The number of nitrogens with one attached hydrogen (secondary N) is 1. The minimum Gasteiger partial charge on any atom is -0.364 e. The van der Waals surface area contributed by atoms with Crippen LogP contribution >= 0.6 is 0 Å². The summed E-state index contributed by atoms with van der Waals surface area (Å²) in [5.41, 5.74) is 5.82. The van der Waals surface area contributed by atoms with Crippen LogP contribution in [-0.4, -0.2) is 16.8 Å². The zero-order chi connectivity index (χ0) is 17.0. The van der Waals surface area contributed by atoms with Crippen LogP contribution in [0.2, 0.25) is 0 Å². The van der Waals surface area contributed by atoms with E-state index in [1.165, 1.54) is 24.4 Å². The maximum Gasteiger partial charge on any atom is 0.267 e. The normalized spacial score (nSPS) is 11.8. The van der Waals surface area contributed by atoms with Crippen molar-refractivity contribution in [2.75, 3.05) is 5.32 Å². The lowest BCUT2D eigenvalue weighted by molar-refractivity contribution is -0.116. The molecule has 2 rings (SSSR count). The van der Waals surface area contributed by atoms with E-state index in [1.54, 1.807) is 6.92 Å². The molecule has 1 aromatic heterocycles. The highest BCUT2D eigenvalue weighted by molar-refractivity contribution is 5.93. The Morgan fingerprint density at radius 2 is 2.00 bits per heavy atom. The molecule has 2 amide bonds. The summed E-state index contributed by atoms with van der Waals surface area (Å²) in [5, 5.41) is 2.59. The van der Waals surface area contributed by atoms with Crippen molar-refractivity contribution in [3.63, 3.8) is 0 Å². The van der Waals surface area contributed by atoms with Gasteiger partial charge in [0.05, 0.1) is 11.9 Å². The Labute approximate surface area is 131 Å². The summed E-state index contributed by atoms with van der Waals surface area (Å²) in [6, 6.07) is 6.15. The summed E-state index contributed by atoms with van der Waals surface area (Å²) < 4.78 is 26.6. The SMILES string of the molecule is CC(CC(=O)Nc1ccc(C(N)=O)nc1)c1ccc(F)cc1F. The lowest BCUT2D eigenvalue weighted by atomic mass is 9.97. The van der Waals surface area contributed by atoms with Crippen molar-refractivity contribution in [2.24, 2.45) is 5.73 Å². The highest BCUT2D eigenvalue weighted by atomic mass is 19.1. The molecule has 1 aromatic carbocycles. The van der Waals surface area contributed by atoms with Crippen molar-refractivity contribution in [3.8, 4) is 0 Å². The molecule has 0 fully saturated rings. The highest BCUT2D eigenvalue weighted by Crippen LogP contribution is 2.23. The number of carbonyl (C=O) groups excluding carboxylic acids is 2. The van der Waals surface area contributed by atoms with Crippen LogP contribution in [-0.2, 0) is 4.79 Å². The van der Waals surface area contributed by atoms with Gasteiger partial charge < -0.3 is 11.1 Å². The number of rotatable bonds is 5. The van der Waals surface area contributed by atoms with Gasteiger partial charge in [0.15, 0.2) is 0 Å². The van der Waals surface area contributed by atoms with Gasteiger partial charge in [0.1, 0.15) is 17.3 Å². The molecule has 0 aliphatic heterocycles. The molecule has 1 heterocycles. The summed E-state index contributed by atoms with van der Waals surface area (Å²) >= 11 is 0. The van der Waals surface area contributed by atoms with Crippen LogP contribution in [0.3, 0.4) is 0 Å². The summed E-state index contributed by atoms with van der Waals surface area (Å²) in [4.78, 5) is 26.7. The molecule has 23 heavy (non-hydrogen) atoms. The first kappa shape index (κ1) is 16.5. The van der Waals surface area contributed by atoms with Gasteiger partial charge in [-0.1, -0.05) is 13.0 Å². The Kier molecular flexibility index (Phi) is 5.00. The molecule has 120 valence electrons. The molecule has 0 bridgehead atoms. The molecule has 0 spiro atoms. The number of hydrogen-bond acceptors (Lipinski definition) is 3. The summed E-state index contributed by atoms with van der Waals surface area (Å²) in [6.07, 6.45) is 1.32. The van der Waals surface area contributed by atoms with Crippen LogP contribution in [0.4, 0.5) is 14.5 Å². The van der Waals surface area contributed by atoms with Gasteiger partial charge in [0, 0.05) is 12.5 Å². The van der Waals surface area contributed by atoms with E-state index in [4.69, 9.17) is 5.73 Å². The number of carbonyl (C=O) groups is 2. The van der Waals surface area contributed by atoms with Crippen molar-refractivity contribution in [1.82, 2.24) is 4.98 Å². The van der Waals surface area contributed by atoms with Crippen LogP contribution in [0.25, 0.3) is 0 Å². The van der Waals surface area contributed by atoms with Gasteiger partial charge in [0.2, 0.25) is 5.91 Å². The molecule has 0 radical (unpaired) electrons. The summed E-state index contributed by atoms with van der Waals surface area (Å²) in [7, 11) is 0. The molecule has 5 nitrogen and oxygen atoms in total. The van der Waals surface area contributed by atoms with Crippen molar-refractivity contribution in [2.45, 2.75) is 19.3 Å². The van der Waals surface area contributed by atoms with E-state index in [-0.39, 0.29) is 23.6 Å². The van der Waals surface area contributed by atoms with E-state index in [0.29, 0.717) is 5.69 Å². The fourth-order valence-electron chi connectivity index (χ4n) is 2.11. The number of nitrogens with two attached hydrogens (primary N) is 1. The number of hydrogen-bond donors (Lipinski definition) is 2. The van der Waals surface area contributed by atoms with Gasteiger partial charge >= 0.3 is 0 Å².